The maximum Gasteiger partial charge on any atom is 0.249 e. The van der Waals surface area contributed by atoms with Crippen LogP contribution >= 0.6 is 0 Å². The third-order valence-corrected chi connectivity index (χ3v) is 4.17. The fourth-order valence-corrected chi connectivity index (χ4v) is 2.92. The number of nitrogens with zero attached hydrogens (tertiary/aromatic N) is 2. The van der Waals surface area contributed by atoms with Crippen LogP contribution in [0.15, 0.2) is 22.8 Å². The summed E-state index contributed by atoms with van der Waals surface area (Å²) in [4.78, 5) is 28.3. The van der Waals surface area contributed by atoms with Crippen molar-refractivity contribution >= 4 is 11.8 Å². The molecule has 0 radical (unpaired) electrons. The first kappa shape index (κ1) is 19.5. The third-order valence-electron chi connectivity index (χ3n) is 4.17. The van der Waals surface area contributed by atoms with Gasteiger partial charge in [-0.1, -0.05) is 6.92 Å². The number of ether oxygens (including phenoxy) is 2. The summed E-state index contributed by atoms with van der Waals surface area (Å²) < 4.78 is 16.0. The Balaban J connectivity index is 2.02. The molecule has 1 aromatic rings. The maximum absolute atomic E-state index is 12.8. The first-order valence-corrected chi connectivity index (χ1v) is 8.82. The highest BCUT2D eigenvalue weighted by atomic mass is 16.5. The van der Waals surface area contributed by atoms with E-state index >= 15 is 0 Å². The molecule has 140 valence electrons. The highest BCUT2D eigenvalue weighted by molar-refractivity contribution is 5.85. The Kier molecular flexibility index (Phi) is 7.94. The average molecular weight is 352 g/mol. The summed E-state index contributed by atoms with van der Waals surface area (Å²) in [6.45, 7) is 4.16. The topological polar surface area (TPSA) is 72.2 Å². The minimum Gasteiger partial charge on any atom is -0.467 e. The quantitative estimate of drug-likeness (QED) is 0.640. The molecule has 0 saturated carbocycles. The van der Waals surface area contributed by atoms with Gasteiger partial charge in [-0.15, -0.1) is 0 Å². The van der Waals surface area contributed by atoms with Gasteiger partial charge in [0.05, 0.1) is 25.5 Å². The van der Waals surface area contributed by atoms with Crippen LogP contribution in [-0.2, 0) is 25.6 Å². The Morgan fingerprint density at radius 3 is 2.76 bits per heavy atom. The van der Waals surface area contributed by atoms with E-state index < -0.39 is 0 Å². The average Bonchev–Trinajstić information content (AvgIpc) is 3.28. The van der Waals surface area contributed by atoms with E-state index in [0.717, 1.165) is 31.6 Å². The minimum absolute atomic E-state index is 0.0167. The van der Waals surface area contributed by atoms with Crippen LogP contribution in [-0.4, -0.2) is 67.7 Å². The van der Waals surface area contributed by atoms with Gasteiger partial charge in [0.2, 0.25) is 11.8 Å². The lowest BCUT2D eigenvalue weighted by Gasteiger charge is -2.28. The number of hydrogen-bond donors (Lipinski definition) is 0. The molecule has 1 saturated heterocycles. The van der Waals surface area contributed by atoms with Crippen molar-refractivity contribution in [2.45, 2.75) is 38.8 Å². The Bertz CT molecular complexity index is 526. The van der Waals surface area contributed by atoms with Crippen LogP contribution in [0.2, 0.25) is 0 Å². The highest BCUT2D eigenvalue weighted by Gasteiger charge is 2.26. The molecule has 1 atom stereocenters. The summed E-state index contributed by atoms with van der Waals surface area (Å²) in [6, 6.07) is 3.64. The van der Waals surface area contributed by atoms with Crippen molar-refractivity contribution in [3.8, 4) is 0 Å². The van der Waals surface area contributed by atoms with Crippen molar-refractivity contribution in [2.24, 2.45) is 0 Å². The predicted molar refractivity (Wildman–Crippen MR) is 91.8 cm³/mol. The second-order valence-corrected chi connectivity index (χ2v) is 6.24. The van der Waals surface area contributed by atoms with Crippen molar-refractivity contribution < 1.29 is 23.5 Å². The van der Waals surface area contributed by atoms with E-state index in [0.29, 0.717) is 19.6 Å². The monoisotopic (exact) mass is 352 g/mol. The standard InChI is InChI=1S/C18H28N2O5/c1-3-8-19(18(22)14-23-2)13-17(21)20(11-15-6-4-9-24-15)12-16-7-5-10-25-16/h4,6,9,16H,3,5,7-8,10-14H2,1-2H3/t16-/m1/s1. The number of methoxy groups -OCH3 is 1. The summed E-state index contributed by atoms with van der Waals surface area (Å²) in [6.07, 6.45) is 4.39. The normalized spacial score (nSPS) is 16.8. The molecule has 1 aliphatic rings. The number of furan rings is 1. The fraction of sp³-hybridized carbons (Fsp3) is 0.667. The van der Waals surface area contributed by atoms with Crippen LogP contribution in [0.3, 0.4) is 0 Å². The van der Waals surface area contributed by atoms with Gasteiger partial charge >= 0.3 is 0 Å². The first-order valence-electron chi connectivity index (χ1n) is 8.82. The molecule has 2 amide bonds. The molecule has 25 heavy (non-hydrogen) atoms. The van der Waals surface area contributed by atoms with Crippen LogP contribution in [0, 0.1) is 0 Å². The molecule has 2 rings (SSSR count). The summed E-state index contributed by atoms with van der Waals surface area (Å²) in [5.41, 5.74) is 0. The predicted octanol–water partition coefficient (Wildman–Crippen LogP) is 1.67. The van der Waals surface area contributed by atoms with Gasteiger partial charge in [-0.05, 0) is 31.4 Å². The molecule has 2 heterocycles. The van der Waals surface area contributed by atoms with Gasteiger partial charge in [-0.3, -0.25) is 9.59 Å². The molecule has 0 N–H and O–H groups in total. The van der Waals surface area contributed by atoms with Crippen molar-refractivity contribution in [2.75, 3.05) is 40.0 Å². The Morgan fingerprint density at radius 1 is 1.32 bits per heavy atom. The van der Waals surface area contributed by atoms with Gasteiger partial charge in [-0.25, -0.2) is 0 Å². The van der Waals surface area contributed by atoms with E-state index in [9.17, 15) is 9.59 Å². The van der Waals surface area contributed by atoms with Crippen LogP contribution < -0.4 is 0 Å². The van der Waals surface area contributed by atoms with E-state index in [-0.39, 0.29) is 31.1 Å². The van der Waals surface area contributed by atoms with Crippen LogP contribution in [0.25, 0.3) is 0 Å². The Morgan fingerprint density at radius 2 is 2.16 bits per heavy atom. The molecule has 0 spiro atoms. The molecular weight excluding hydrogens is 324 g/mol. The zero-order valence-corrected chi connectivity index (χ0v) is 15.1. The largest absolute Gasteiger partial charge is 0.467 e. The lowest BCUT2D eigenvalue weighted by Crippen LogP contribution is -2.46. The summed E-state index contributed by atoms with van der Waals surface area (Å²) in [5, 5.41) is 0. The molecule has 1 aliphatic heterocycles. The number of carbonyl (C=O) groups is 2. The zero-order valence-electron chi connectivity index (χ0n) is 15.1. The van der Waals surface area contributed by atoms with Crippen molar-refractivity contribution in [3.05, 3.63) is 24.2 Å². The SMILES string of the molecule is CCCN(CC(=O)N(Cc1ccco1)C[C@H]1CCCO1)C(=O)COC. The maximum atomic E-state index is 12.8. The molecule has 7 nitrogen and oxygen atoms in total. The molecule has 0 bridgehead atoms. The molecule has 0 unspecified atom stereocenters. The van der Waals surface area contributed by atoms with Gasteiger partial charge in [-0.2, -0.15) is 0 Å². The second kappa shape index (κ2) is 10.2. The van der Waals surface area contributed by atoms with E-state index in [1.54, 1.807) is 22.1 Å². The van der Waals surface area contributed by atoms with E-state index in [1.165, 1.54) is 7.11 Å². The lowest BCUT2D eigenvalue weighted by molar-refractivity contribution is -0.143. The molecular formula is C18H28N2O5. The van der Waals surface area contributed by atoms with Gasteiger partial charge in [0.25, 0.3) is 0 Å². The van der Waals surface area contributed by atoms with Gasteiger partial charge in [0.15, 0.2) is 0 Å². The van der Waals surface area contributed by atoms with Crippen molar-refractivity contribution in [3.63, 3.8) is 0 Å². The minimum atomic E-state index is -0.173. The zero-order chi connectivity index (χ0) is 18.1. The van der Waals surface area contributed by atoms with E-state index in [1.807, 2.05) is 13.0 Å². The van der Waals surface area contributed by atoms with Crippen LogP contribution in [0.4, 0.5) is 0 Å². The third kappa shape index (κ3) is 6.17. The van der Waals surface area contributed by atoms with Crippen molar-refractivity contribution in [1.82, 2.24) is 9.80 Å². The Hall–Kier alpha value is -1.86. The fourth-order valence-electron chi connectivity index (χ4n) is 2.92. The molecule has 7 heteroatoms. The highest BCUT2D eigenvalue weighted by Crippen LogP contribution is 2.16. The van der Waals surface area contributed by atoms with Crippen LogP contribution in [0.5, 0.6) is 0 Å². The van der Waals surface area contributed by atoms with Gasteiger partial charge < -0.3 is 23.7 Å². The number of carbonyl (C=O) groups excluding carboxylic acids is 2. The van der Waals surface area contributed by atoms with E-state index in [2.05, 4.69) is 0 Å². The smallest absolute Gasteiger partial charge is 0.249 e. The van der Waals surface area contributed by atoms with Crippen molar-refractivity contribution in [1.29, 1.82) is 0 Å². The number of rotatable bonds is 10. The van der Waals surface area contributed by atoms with Gasteiger partial charge in [0.1, 0.15) is 12.4 Å². The second-order valence-electron chi connectivity index (χ2n) is 6.24. The number of amides is 2. The lowest BCUT2D eigenvalue weighted by atomic mass is 10.2. The summed E-state index contributed by atoms with van der Waals surface area (Å²) in [5.74, 6) is 0.439. The summed E-state index contributed by atoms with van der Waals surface area (Å²) >= 11 is 0. The number of hydrogen-bond acceptors (Lipinski definition) is 5. The van der Waals surface area contributed by atoms with E-state index in [4.69, 9.17) is 13.9 Å². The molecule has 0 aromatic carbocycles. The molecule has 0 aliphatic carbocycles. The Labute approximate surface area is 148 Å². The van der Waals surface area contributed by atoms with Gasteiger partial charge in [0, 0.05) is 26.8 Å². The summed E-state index contributed by atoms with van der Waals surface area (Å²) in [7, 11) is 1.48. The molecule has 1 fully saturated rings. The molecule has 1 aromatic heterocycles. The van der Waals surface area contributed by atoms with Crippen LogP contribution in [0.1, 0.15) is 31.9 Å². The first-order chi connectivity index (χ1) is 12.1.